The summed E-state index contributed by atoms with van der Waals surface area (Å²) in [5.41, 5.74) is 1.53. The van der Waals surface area contributed by atoms with Crippen LogP contribution in [0.2, 0.25) is 0 Å². The number of aromatic carboxylic acids is 1. The molecule has 0 aliphatic carbocycles. The zero-order valence-electron chi connectivity index (χ0n) is 13.4. The molecule has 0 unspecified atom stereocenters. The second kappa shape index (κ2) is 6.16. The van der Waals surface area contributed by atoms with Crippen LogP contribution in [0.15, 0.2) is 41.1 Å². The van der Waals surface area contributed by atoms with Gasteiger partial charge in [-0.25, -0.2) is 14.2 Å². The minimum Gasteiger partial charge on any atom is -0.478 e. The minimum atomic E-state index is -0.980. The van der Waals surface area contributed by atoms with Crippen LogP contribution in [0.3, 0.4) is 0 Å². The number of aromatic nitrogens is 2. The van der Waals surface area contributed by atoms with E-state index in [4.69, 9.17) is 9.63 Å². The van der Waals surface area contributed by atoms with Gasteiger partial charge in [0.25, 0.3) is 0 Å². The van der Waals surface area contributed by atoms with Crippen LogP contribution in [-0.2, 0) is 0 Å². The zero-order valence-corrected chi connectivity index (χ0v) is 13.4. The number of carbonyl (C=O) groups is 1. The summed E-state index contributed by atoms with van der Waals surface area (Å²) in [5.74, 6) is -0.287. The van der Waals surface area contributed by atoms with Gasteiger partial charge in [0, 0.05) is 36.7 Å². The fourth-order valence-corrected chi connectivity index (χ4v) is 3.31. The fraction of sp³-hybridized carbons (Fsp3) is 0.278. The summed E-state index contributed by atoms with van der Waals surface area (Å²) >= 11 is 0. The van der Waals surface area contributed by atoms with Crippen LogP contribution in [0.25, 0.3) is 11.0 Å². The van der Waals surface area contributed by atoms with E-state index in [1.165, 1.54) is 18.3 Å². The third kappa shape index (κ3) is 2.93. The Labute approximate surface area is 142 Å². The lowest BCUT2D eigenvalue weighted by molar-refractivity contribution is 0.0696. The molecule has 2 aromatic heterocycles. The van der Waals surface area contributed by atoms with Crippen LogP contribution >= 0.6 is 0 Å². The van der Waals surface area contributed by atoms with Gasteiger partial charge in [-0.15, -0.1) is 0 Å². The number of fused-ring (bicyclic) bond motifs is 1. The highest BCUT2D eigenvalue weighted by Crippen LogP contribution is 2.33. The van der Waals surface area contributed by atoms with Crippen molar-refractivity contribution >= 4 is 22.8 Å². The number of halogens is 1. The van der Waals surface area contributed by atoms with Crippen molar-refractivity contribution in [2.45, 2.75) is 18.8 Å². The van der Waals surface area contributed by atoms with Crippen molar-refractivity contribution in [1.29, 1.82) is 0 Å². The van der Waals surface area contributed by atoms with E-state index in [0.29, 0.717) is 5.58 Å². The number of rotatable bonds is 3. The van der Waals surface area contributed by atoms with Gasteiger partial charge in [0.1, 0.15) is 11.6 Å². The number of pyridine rings is 1. The largest absolute Gasteiger partial charge is 0.478 e. The third-order valence-corrected chi connectivity index (χ3v) is 4.66. The van der Waals surface area contributed by atoms with Crippen molar-refractivity contribution in [1.82, 2.24) is 10.1 Å². The lowest BCUT2D eigenvalue weighted by Gasteiger charge is -2.32. The number of nitrogens with zero attached hydrogens (tertiary/aromatic N) is 3. The van der Waals surface area contributed by atoms with Crippen LogP contribution in [0.4, 0.5) is 10.2 Å². The Balaban J connectivity index is 1.48. The predicted molar refractivity (Wildman–Crippen MR) is 89.4 cm³/mol. The standard InChI is InChI=1S/C18H16FN3O3/c19-13-2-3-14-15(9-13)25-21-17(14)11-5-7-22(8-6-11)16-4-1-12(10-20-16)18(23)24/h1-4,9-11H,5-8H2,(H,23,24). The SMILES string of the molecule is O=C(O)c1ccc(N2CCC(c3noc4cc(F)ccc34)CC2)nc1. The molecule has 128 valence electrons. The Morgan fingerprint density at radius 1 is 1.24 bits per heavy atom. The number of hydrogen-bond acceptors (Lipinski definition) is 5. The van der Waals surface area contributed by atoms with E-state index in [0.717, 1.165) is 42.8 Å². The van der Waals surface area contributed by atoms with E-state index in [-0.39, 0.29) is 17.3 Å². The quantitative estimate of drug-likeness (QED) is 0.786. The van der Waals surface area contributed by atoms with Gasteiger partial charge in [-0.1, -0.05) is 5.16 Å². The van der Waals surface area contributed by atoms with Gasteiger partial charge in [-0.3, -0.25) is 0 Å². The van der Waals surface area contributed by atoms with Gasteiger partial charge >= 0.3 is 5.97 Å². The van der Waals surface area contributed by atoms with E-state index < -0.39 is 5.97 Å². The highest BCUT2D eigenvalue weighted by atomic mass is 19.1. The molecule has 3 aromatic rings. The molecule has 25 heavy (non-hydrogen) atoms. The monoisotopic (exact) mass is 341 g/mol. The Kier molecular flexibility index (Phi) is 3.83. The van der Waals surface area contributed by atoms with E-state index >= 15 is 0 Å². The molecule has 3 heterocycles. The van der Waals surface area contributed by atoms with E-state index in [2.05, 4.69) is 15.0 Å². The maximum absolute atomic E-state index is 13.3. The topological polar surface area (TPSA) is 79.5 Å². The molecule has 1 aliphatic heterocycles. The summed E-state index contributed by atoms with van der Waals surface area (Å²) in [5, 5.41) is 13.9. The highest BCUT2D eigenvalue weighted by Gasteiger charge is 2.25. The second-order valence-corrected chi connectivity index (χ2v) is 6.18. The zero-order chi connectivity index (χ0) is 17.4. The van der Waals surface area contributed by atoms with Crippen LogP contribution in [0.5, 0.6) is 0 Å². The Morgan fingerprint density at radius 2 is 2.04 bits per heavy atom. The first-order chi connectivity index (χ1) is 12.1. The van der Waals surface area contributed by atoms with Crippen molar-refractivity contribution in [3.05, 3.63) is 53.6 Å². The first kappa shape index (κ1) is 15.6. The Hall–Kier alpha value is -2.96. The van der Waals surface area contributed by atoms with E-state index in [1.807, 2.05) is 0 Å². The molecule has 0 radical (unpaired) electrons. The van der Waals surface area contributed by atoms with Crippen molar-refractivity contribution in [3.63, 3.8) is 0 Å². The first-order valence-corrected chi connectivity index (χ1v) is 8.11. The molecule has 0 bridgehead atoms. The van der Waals surface area contributed by atoms with Gasteiger partial charge < -0.3 is 14.5 Å². The van der Waals surface area contributed by atoms with Gasteiger partial charge in [0.2, 0.25) is 0 Å². The Bertz CT molecular complexity index is 915. The molecule has 1 saturated heterocycles. The average molecular weight is 341 g/mol. The first-order valence-electron chi connectivity index (χ1n) is 8.11. The summed E-state index contributed by atoms with van der Waals surface area (Å²) in [6, 6.07) is 7.80. The molecule has 0 amide bonds. The van der Waals surface area contributed by atoms with Crippen LogP contribution in [0.1, 0.15) is 34.8 Å². The second-order valence-electron chi connectivity index (χ2n) is 6.18. The molecule has 0 spiro atoms. The fourth-order valence-electron chi connectivity index (χ4n) is 3.31. The van der Waals surface area contributed by atoms with Crippen molar-refractivity contribution < 1.29 is 18.8 Å². The minimum absolute atomic E-state index is 0.180. The maximum atomic E-state index is 13.3. The van der Waals surface area contributed by atoms with Crippen molar-refractivity contribution in [3.8, 4) is 0 Å². The molecule has 6 nitrogen and oxygen atoms in total. The molecule has 1 N–H and O–H groups in total. The Morgan fingerprint density at radius 3 is 2.72 bits per heavy atom. The average Bonchev–Trinajstić information content (AvgIpc) is 3.05. The number of hydrogen-bond donors (Lipinski definition) is 1. The summed E-state index contributed by atoms with van der Waals surface area (Å²) < 4.78 is 18.5. The number of benzene rings is 1. The molecule has 1 fully saturated rings. The number of anilines is 1. The summed E-state index contributed by atoms with van der Waals surface area (Å²) in [6.45, 7) is 1.58. The highest BCUT2D eigenvalue weighted by molar-refractivity contribution is 5.87. The van der Waals surface area contributed by atoms with Gasteiger partial charge in [-0.2, -0.15) is 0 Å². The van der Waals surface area contributed by atoms with Gasteiger partial charge in [0.05, 0.1) is 11.3 Å². The normalized spacial score (nSPS) is 15.6. The van der Waals surface area contributed by atoms with Crippen LogP contribution < -0.4 is 4.90 Å². The molecule has 0 atom stereocenters. The third-order valence-electron chi connectivity index (χ3n) is 4.66. The summed E-state index contributed by atoms with van der Waals surface area (Å²) in [6.07, 6.45) is 3.13. The van der Waals surface area contributed by atoms with Crippen LogP contribution in [-0.4, -0.2) is 34.3 Å². The lowest BCUT2D eigenvalue weighted by Crippen LogP contribution is -2.33. The molecule has 0 saturated carbocycles. The molecular weight excluding hydrogens is 325 g/mol. The van der Waals surface area contributed by atoms with Gasteiger partial charge in [-0.05, 0) is 37.1 Å². The van der Waals surface area contributed by atoms with E-state index in [9.17, 15) is 9.18 Å². The smallest absolute Gasteiger partial charge is 0.337 e. The number of carboxylic acids is 1. The molecule has 4 rings (SSSR count). The molecule has 7 heteroatoms. The molecule has 1 aromatic carbocycles. The van der Waals surface area contributed by atoms with Crippen LogP contribution in [0, 0.1) is 5.82 Å². The summed E-state index contributed by atoms with van der Waals surface area (Å²) in [4.78, 5) is 17.3. The van der Waals surface area contributed by atoms with Crippen molar-refractivity contribution in [2.75, 3.05) is 18.0 Å². The molecular formula is C18H16FN3O3. The number of carboxylic acid groups (broad SMARTS) is 1. The summed E-state index contributed by atoms with van der Waals surface area (Å²) in [7, 11) is 0. The lowest BCUT2D eigenvalue weighted by atomic mass is 9.91. The van der Waals surface area contributed by atoms with Gasteiger partial charge in [0.15, 0.2) is 5.58 Å². The molecule has 1 aliphatic rings. The van der Waals surface area contributed by atoms with E-state index in [1.54, 1.807) is 18.2 Å². The van der Waals surface area contributed by atoms with Crippen molar-refractivity contribution in [2.24, 2.45) is 0 Å². The predicted octanol–water partition coefficient (Wildman–Crippen LogP) is 3.44. The number of piperidine rings is 1. The maximum Gasteiger partial charge on any atom is 0.337 e.